The summed E-state index contributed by atoms with van der Waals surface area (Å²) in [6, 6.07) is 9.18. The number of nitrogens with zero attached hydrogens (tertiary/aromatic N) is 2. The van der Waals surface area contributed by atoms with Gasteiger partial charge in [-0.2, -0.15) is 0 Å². The molecule has 0 fully saturated rings. The van der Waals surface area contributed by atoms with Crippen molar-refractivity contribution in [3.05, 3.63) is 47.9 Å². The van der Waals surface area contributed by atoms with Crippen molar-refractivity contribution in [1.82, 2.24) is 9.80 Å². The molecular weight excluding hydrogens is 444 g/mol. The number of hydrogen-bond donors (Lipinski definition) is 0. The van der Waals surface area contributed by atoms with E-state index in [1.807, 2.05) is 38.1 Å². The standard InChI is InChI=1S/C25H35ClN2O5/c1-18(2)28(24(30)25(3,4)17-26)16-23(29)27(15-20-8-7-13-33-20)12-11-19-9-10-21(31-5)22(14-19)32-6/h7-10,13-14,18H,11-12,15-17H2,1-6H3. The highest BCUT2D eigenvalue weighted by Gasteiger charge is 2.34. The predicted molar refractivity (Wildman–Crippen MR) is 129 cm³/mol. The molecule has 2 amide bonds. The number of hydrogen-bond acceptors (Lipinski definition) is 5. The number of alkyl halides is 1. The molecule has 0 aliphatic rings. The zero-order valence-electron chi connectivity index (χ0n) is 20.4. The van der Waals surface area contributed by atoms with Gasteiger partial charge in [0.15, 0.2) is 11.5 Å². The average molecular weight is 479 g/mol. The van der Waals surface area contributed by atoms with E-state index in [4.69, 9.17) is 25.5 Å². The fraction of sp³-hybridized carbons (Fsp3) is 0.520. The van der Waals surface area contributed by atoms with Crippen LogP contribution in [0.25, 0.3) is 0 Å². The van der Waals surface area contributed by atoms with Crippen LogP contribution in [0.15, 0.2) is 41.0 Å². The van der Waals surface area contributed by atoms with Gasteiger partial charge in [0, 0.05) is 18.5 Å². The van der Waals surface area contributed by atoms with Crippen LogP contribution in [-0.4, -0.2) is 60.8 Å². The zero-order valence-corrected chi connectivity index (χ0v) is 21.1. The normalized spacial score (nSPS) is 11.4. The molecule has 0 aliphatic heterocycles. The molecule has 2 rings (SSSR count). The highest BCUT2D eigenvalue weighted by molar-refractivity contribution is 6.19. The SMILES string of the molecule is COc1ccc(CCN(Cc2ccco2)C(=O)CN(C(=O)C(C)(C)CCl)C(C)C)cc1OC. The van der Waals surface area contributed by atoms with Crippen LogP contribution in [0.2, 0.25) is 0 Å². The first-order valence-electron chi connectivity index (χ1n) is 11.0. The quantitative estimate of drug-likeness (QED) is 0.423. The molecule has 0 atom stereocenters. The smallest absolute Gasteiger partial charge is 0.242 e. The number of halogens is 1. The number of ether oxygens (including phenoxy) is 2. The van der Waals surface area contributed by atoms with E-state index in [-0.39, 0.29) is 30.3 Å². The van der Waals surface area contributed by atoms with Gasteiger partial charge in [-0.15, -0.1) is 11.6 Å². The van der Waals surface area contributed by atoms with Gasteiger partial charge in [-0.25, -0.2) is 0 Å². The number of benzene rings is 1. The monoisotopic (exact) mass is 478 g/mol. The van der Waals surface area contributed by atoms with E-state index in [1.165, 1.54) is 0 Å². The number of carbonyl (C=O) groups excluding carboxylic acids is 2. The molecule has 0 spiro atoms. The molecule has 0 bridgehead atoms. The minimum absolute atomic E-state index is 0.0243. The average Bonchev–Trinajstić information content (AvgIpc) is 3.32. The van der Waals surface area contributed by atoms with Crippen molar-refractivity contribution in [2.45, 2.75) is 46.7 Å². The van der Waals surface area contributed by atoms with Crippen LogP contribution in [-0.2, 0) is 22.6 Å². The number of methoxy groups -OCH3 is 2. The van der Waals surface area contributed by atoms with E-state index in [0.717, 1.165) is 5.56 Å². The second-order valence-corrected chi connectivity index (χ2v) is 9.15. The maximum atomic E-state index is 13.4. The predicted octanol–water partition coefficient (Wildman–Crippen LogP) is 4.37. The first-order valence-corrected chi connectivity index (χ1v) is 11.5. The van der Waals surface area contributed by atoms with Crippen molar-refractivity contribution < 1.29 is 23.5 Å². The van der Waals surface area contributed by atoms with Crippen LogP contribution in [0.5, 0.6) is 11.5 Å². The second kappa shape index (κ2) is 12.0. The Morgan fingerprint density at radius 1 is 1.12 bits per heavy atom. The minimum atomic E-state index is -0.752. The molecule has 0 radical (unpaired) electrons. The molecule has 0 N–H and O–H groups in total. The number of rotatable bonds is 12. The van der Waals surface area contributed by atoms with Crippen LogP contribution in [0.4, 0.5) is 0 Å². The fourth-order valence-electron chi connectivity index (χ4n) is 3.36. The maximum Gasteiger partial charge on any atom is 0.242 e. The summed E-state index contributed by atoms with van der Waals surface area (Å²) in [5.74, 6) is 1.85. The van der Waals surface area contributed by atoms with Gasteiger partial charge in [0.25, 0.3) is 0 Å². The summed E-state index contributed by atoms with van der Waals surface area (Å²) in [6.45, 7) is 8.13. The summed E-state index contributed by atoms with van der Waals surface area (Å²) in [5, 5.41) is 0. The van der Waals surface area contributed by atoms with Gasteiger partial charge >= 0.3 is 0 Å². The molecule has 182 valence electrons. The number of furan rings is 1. The second-order valence-electron chi connectivity index (χ2n) is 8.88. The van der Waals surface area contributed by atoms with Crippen LogP contribution in [0.3, 0.4) is 0 Å². The number of amides is 2. The van der Waals surface area contributed by atoms with Crippen molar-refractivity contribution in [2.24, 2.45) is 5.41 Å². The molecule has 0 unspecified atom stereocenters. The molecular formula is C25H35ClN2O5. The summed E-state index contributed by atoms with van der Waals surface area (Å²) >= 11 is 6.02. The molecule has 1 heterocycles. The van der Waals surface area contributed by atoms with Crippen LogP contribution in [0.1, 0.15) is 39.0 Å². The highest BCUT2D eigenvalue weighted by atomic mass is 35.5. The third-order valence-corrected chi connectivity index (χ3v) is 6.17. The molecule has 1 aromatic heterocycles. The third-order valence-electron chi connectivity index (χ3n) is 5.50. The Hall–Kier alpha value is -2.67. The first-order chi connectivity index (χ1) is 15.6. The zero-order chi connectivity index (χ0) is 24.6. The summed E-state index contributed by atoms with van der Waals surface area (Å²) in [4.78, 5) is 29.7. The summed E-state index contributed by atoms with van der Waals surface area (Å²) in [5.41, 5.74) is 0.252. The Morgan fingerprint density at radius 3 is 2.36 bits per heavy atom. The van der Waals surface area contributed by atoms with Gasteiger partial charge in [-0.3, -0.25) is 9.59 Å². The number of carbonyl (C=O) groups is 2. The minimum Gasteiger partial charge on any atom is -0.493 e. The van der Waals surface area contributed by atoms with Crippen molar-refractivity contribution >= 4 is 23.4 Å². The lowest BCUT2D eigenvalue weighted by Crippen LogP contribution is -2.50. The van der Waals surface area contributed by atoms with Crippen LogP contribution >= 0.6 is 11.6 Å². The Labute approximate surface area is 201 Å². The molecule has 0 saturated carbocycles. The fourth-order valence-corrected chi connectivity index (χ4v) is 3.48. The van der Waals surface area contributed by atoms with Gasteiger partial charge in [-0.05, 0) is 63.9 Å². The molecule has 0 saturated heterocycles. The van der Waals surface area contributed by atoms with Gasteiger partial charge in [-0.1, -0.05) is 6.07 Å². The van der Waals surface area contributed by atoms with Gasteiger partial charge in [0.2, 0.25) is 11.8 Å². The molecule has 1 aromatic carbocycles. The summed E-state index contributed by atoms with van der Waals surface area (Å²) in [6.07, 6.45) is 2.19. The molecule has 2 aromatic rings. The van der Waals surface area contributed by atoms with Gasteiger partial charge in [0.1, 0.15) is 12.3 Å². The van der Waals surface area contributed by atoms with Crippen LogP contribution in [0, 0.1) is 5.41 Å². The lowest BCUT2D eigenvalue weighted by atomic mass is 9.93. The summed E-state index contributed by atoms with van der Waals surface area (Å²) in [7, 11) is 3.18. The molecule has 33 heavy (non-hydrogen) atoms. The van der Waals surface area contributed by atoms with Crippen molar-refractivity contribution in [1.29, 1.82) is 0 Å². The van der Waals surface area contributed by atoms with E-state index in [2.05, 4.69) is 0 Å². The van der Waals surface area contributed by atoms with E-state index in [9.17, 15) is 9.59 Å². The van der Waals surface area contributed by atoms with E-state index in [0.29, 0.717) is 36.8 Å². The van der Waals surface area contributed by atoms with Crippen LogP contribution < -0.4 is 9.47 Å². The first kappa shape index (κ1) is 26.6. The lowest BCUT2D eigenvalue weighted by Gasteiger charge is -2.34. The molecule has 8 heteroatoms. The Balaban J connectivity index is 2.20. The maximum absolute atomic E-state index is 13.4. The van der Waals surface area contributed by atoms with E-state index >= 15 is 0 Å². The van der Waals surface area contributed by atoms with Crippen molar-refractivity contribution in [2.75, 3.05) is 33.2 Å². The Bertz CT molecular complexity index is 912. The van der Waals surface area contributed by atoms with E-state index < -0.39 is 5.41 Å². The highest BCUT2D eigenvalue weighted by Crippen LogP contribution is 2.28. The molecule has 7 nitrogen and oxygen atoms in total. The topological polar surface area (TPSA) is 72.2 Å². The third kappa shape index (κ3) is 7.16. The Kier molecular flexibility index (Phi) is 9.65. The van der Waals surface area contributed by atoms with Gasteiger partial charge < -0.3 is 23.7 Å². The van der Waals surface area contributed by atoms with E-state index in [1.54, 1.807) is 50.2 Å². The lowest BCUT2D eigenvalue weighted by molar-refractivity contribution is -0.147. The Morgan fingerprint density at radius 2 is 1.82 bits per heavy atom. The molecule has 0 aliphatic carbocycles. The van der Waals surface area contributed by atoms with Crippen molar-refractivity contribution in [3.63, 3.8) is 0 Å². The van der Waals surface area contributed by atoms with Crippen molar-refractivity contribution in [3.8, 4) is 11.5 Å². The summed E-state index contributed by atoms with van der Waals surface area (Å²) < 4.78 is 16.2. The largest absolute Gasteiger partial charge is 0.493 e. The van der Waals surface area contributed by atoms with Gasteiger partial charge in [0.05, 0.1) is 32.4 Å².